The molecular weight excluding hydrogens is 294 g/mol. The summed E-state index contributed by atoms with van der Waals surface area (Å²) < 4.78 is 5.64. The van der Waals surface area contributed by atoms with Crippen LogP contribution in [0, 0.1) is 18.3 Å². The normalized spacial score (nSPS) is 11.0. The predicted molar refractivity (Wildman–Crippen MR) is 87.8 cm³/mol. The molecule has 0 atom stereocenters. The molecule has 0 aliphatic heterocycles. The quantitative estimate of drug-likeness (QED) is 0.643. The van der Waals surface area contributed by atoms with E-state index in [0.717, 1.165) is 16.9 Å². The fourth-order valence-corrected chi connectivity index (χ4v) is 2.09. The maximum absolute atomic E-state index is 11.8. The first-order valence-corrected chi connectivity index (χ1v) is 7.30. The fourth-order valence-electron chi connectivity index (χ4n) is 2.09. The number of ether oxygens (including phenoxy) is 1. The summed E-state index contributed by atoms with van der Waals surface area (Å²) in [5, 5.41) is 11.0. The highest BCUT2D eigenvalue weighted by atomic mass is 16.5. The summed E-state index contributed by atoms with van der Waals surface area (Å²) in [5.41, 5.74) is 7.27. The minimum absolute atomic E-state index is 0.189. The van der Waals surface area contributed by atoms with Crippen LogP contribution in [-0.2, 0) is 4.79 Å². The average Bonchev–Trinajstić information content (AvgIpc) is 2.45. The zero-order valence-electron chi connectivity index (χ0n) is 13.8. The van der Waals surface area contributed by atoms with Gasteiger partial charge in [-0.05, 0) is 54.7 Å². The highest BCUT2D eigenvalue weighted by Crippen LogP contribution is 2.30. The smallest absolute Gasteiger partial charge is 0.319 e. The molecule has 0 fully saturated rings. The zero-order valence-corrected chi connectivity index (χ0v) is 13.8. The lowest BCUT2D eigenvalue weighted by Gasteiger charge is -2.16. The molecule has 1 aromatic rings. The second-order valence-electron chi connectivity index (χ2n) is 5.32. The number of primary amides is 1. The summed E-state index contributed by atoms with van der Waals surface area (Å²) in [6.45, 7) is 8.39. The Labute approximate surface area is 135 Å². The molecule has 0 spiro atoms. The number of aryl methyl sites for hydroxylation is 1. The van der Waals surface area contributed by atoms with Gasteiger partial charge in [-0.1, -0.05) is 13.8 Å². The molecule has 122 valence electrons. The lowest BCUT2D eigenvalue weighted by atomic mass is 9.95. The number of urea groups is 1. The molecular formula is C17H21N3O3. The molecule has 1 aromatic carbocycles. The molecule has 0 aliphatic carbocycles. The molecule has 0 bridgehead atoms. The van der Waals surface area contributed by atoms with Crippen LogP contribution in [-0.4, -0.2) is 18.5 Å². The Balaban J connectivity index is 3.33. The van der Waals surface area contributed by atoms with Crippen LogP contribution in [0.1, 0.15) is 43.4 Å². The van der Waals surface area contributed by atoms with E-state index in [2.05, 4.69) is 0 Å². The molecule has 0 saturated heterocycles. The Bertz CT molecular complexity index is 685. The number of nitrogens with one attached hydrogen (secondary N) is 1. The first-order valence-electron chi connectivity index (χ1n) is 7.30. The van der Waals surface area contributed by atoms with Gasteiger partial charge >= 0.3 is 6.03 Å². The summed E-state index contributed by atoms with van der Waals surface area (Å²) in [6, 6.07) is 4.55. The number of carbonyl (C=O) groups excluding carboxylic acids is 2. The van der Waals surface area contributed by atoms with E-state index in [9.17, 15) is 9.59 Å². The van der Waals surface area contributed by atoms with E-state index in [0.29, 0.717) is 12.2 Å². The van der Waals surface area contributed by atoms with E-state index in [1.165, 1.54) is 6.08 Å². The van der Waals surface area contributed by atoms with Gasteiger partial charge in [0.1, 0.15) is 17.4 Å². The van der Waals surface area contributed by atoms with Crippen molar-refractivity contribution in [2.24, 2.45) is 5.73 Å². The number of imide groups is 1. The van der Waals surface area contributed by atoms with Crippen molar-refractivity contribution < 1.29 is 14.3 Å². The third-order valence-electron chi connectivity index (χ3n) is 3.22. The van der Waals surface area contributed by atoms with Crippen LogP contribution >= 0.6 is 0 Å². The Morgan fingerprint density at radius 2 is 2.09 bits per heavy atom. The van der Waals surface area contributed by atoms with Gasteiger partial charge < -0.3 is 10.5 Å². The Kier molecular flexibility index (Phi) is 6.34. The van der Waals surface area contributed by atoms with Crippen LogP contribution in [0.25, 0.3) is 6.08 Å². The van der Waals surface area contributed by atoms with Crippen molar-refractivity contribution in [1.82, 2.24) is 5.32 Å². The SMILES string of the molecule is CCOc1cc(C)c(/C=C(/C#N)C(=O)NC(N)=O)cc1C(C)C. The van der Waals surface area contributed by atoms with Crippen molar-refractivity contribution in [1.29, 1.82) is 5.26 Å². The van der Waals surface area contributed by atoms with Crippen LogP contribution in [0.2, 0.25) is 0 Å². The minimum atomic E-state index is -0.998. The highest BCUT2D eigenvalue weighted by Gasteiger charge is 2.14. The molecule has 3 amide bonds. The second kappa shape index (κ2) is 7.99. The van der Waals surface area contributed by atoms with Gasteiger partial charge in [-0.15, -0.1) is 0 Å². The molecule has 0 unspecified atom stereocenters. The van der Waals surface area contributed by atoms with E-state index in [4.69, 9.17) is 15.7 Å². The minimum Gasteiger partial charge on any atom is -0.494 e. The van der Waals surface area contributed by atoms with E-state index in [1.54, 1.807) is 6.07 Å². The lowest BCUT2D eigenvalue weighted by Crippen LogP contribution is -2.35. The van der Waals surface area contributed by atoms with Crippen molar-refractivity contribution in [3.05, 3.63) is 34.4 Å². The number of hydrogen-bond donors (Lipinski definition) is 2. The van der Waals surface area contributed by atoms with Crippen LogP contribution < -0.4 is 15.8 Å². The topological polar surface area (TPSA) is 105 Å². The number of carbonyl (C=O) groups is 2. The van der Waals surface area contributed by atoms with Gasteiger partial charge in [0.15, 0.2) is 0 Å². The molecule has 1 rings (SSSR count). The summed E-state index contributed by atoms with van der Waals surface area (Å²) in [4.78, 5) is 22.5. The maximum Gasteiger partial charge on any atom is 0.319 e. The van der Waals surface area contributed by atoms with Crippen LogP contribution in [0.5, 0.6) is 5.75 Å². The van der Waals surface area contributed by atoms with E-state index in [1.807, 2.05) is 45.1 Å². The molecule has 0 heterocycles. The Hall–Kier alpha value is -2.81. The first-order chi connectivity index (χ1) is 10.8. The molecule has 3 N–H and O–H groups in total. The van der Waals surface area contributed by atoms with E-state index < -0.39 is 11.9 Å². The van der Waals surface area contributed by atoms with Crippen LogP contribution in [0.3, 0.4) is 0 Å². The largest absolute Gasteiger partial charge is 0.494 e. The number of nitrogens with two attached hydrogens (primary N) is 1. The van der Waals surface area contributed by atoms with Gasteiger partial charge in [0.05, 0.1) is 6.61 Å². The molecule has 0 aliphatic rings. The lowest BCUT2D eigenvalue weighted by molar-refractivity contribution is -0.115. The predicted octanol–water partition coefficient (Wildman–Crippen LogP) is 2.62. The highest BCUT2D eigenvalue weighted by molar-refractivity contribution is 6.08. The number of benzene rings is 1. The standard InChI is InChI=1S/C17H21N3O3/c1-5-23-15-6-11(4)12(8-14(15)10(2)3)7-13(9-18)16(21)20-17(19)22/h6-8,10H,5H2,1-4H3,(H3,19,20,21,22)/b13-7-. The van der Waals surface area contributed by atoms with Crippen LogP contribution in [0.15, 0.2) is 17.7 Å². The van der Waals surface area contributed by atoms with Crippen molar-refractivity contribution in [3.63, 3.8) is 0 Å². The maximum atomic E-state index is 11.8. The molecule has 6 nitrogen and oxygen atoms in total. The van der Waals surface area contributed by atoms with Gasteiger partial charge in [-0.25, -0.2) is 4.79 Å². The van der Waals surface area contributed by atoms with Crippen molar-refractivity contribution in [2.75, 3.05) is 6.61 Å². The van der Waals surface area contributed by atoms with E-state index >= 15 is 0 Å². The van der Waals surface area contributed by atoms with Gasteiger partial charge in [-0.3, -0.25) is 10.1 Å². The second-order valence-corrected chi connectivity index (χ2v) is 5.32. The summed E-state index contributed by atoms with van der Waals surface area (Å²) in [5.74, 6) is 0.186. The number of nitrogens with zero attached hydrogens (tertiary/aromatic N) is 1. The molecule has 6 heteroatoms. The summed E-state index contributed by atoms with van der Waals surface area (Å²) in [7, 11) is 0. The summed E-state index contributed by atoms with van der Waals surface area (Å²) in [6.07, 6.45) is 1.44. The van der Waals surface area contributed by atoms with Gasteiger partial charge in [0.25, 0.3) is 5.91 Å². The van der Waals surface area contributed by atoms with E-state index in [-0.39, 0.29) is 11.5 Å². The summed E-state index contributed by atoms with van der Waals surface area (Å²) >= 11 is 0. The Morgan fingerprint density at radius 3 is 2.57 bits per heavy atom. The number of rotatable bonds is 5. The monoisotopic (exact) mass is 315 g/mol. The van der Waals surface area contributed by atoms with Crippen molar-refractivity contribution >= 4 is 18.0 Å². The van der Waals surface area contributed by atoms with Gasteiger partial charge in [0, 0.05) is 0 Å². The van der Waals surface area contributed by atoms with Crippen molar-refractivity contribution in [3.8, 4) is 11.8 Å². The third kappa shape index (κ3) is 4.85. The molecule has 0 saturated carbocycles. The Morgan fingerprint density at radius 1 is 1.43 bits per heavy atom. The number of hydrogen-bond acceptors (Lipinski definition) is 4. The fraction of sp³-hybridized carbons (Fsp3) is 0.353. The van der Waals surface area contributed by atoms with Crippen molar-refractivity contribution in [2.45, 2.75) is 33.6 Å². The van der Waals surface area contributed by atoms with Gasteiger partial charge in [-0.2, -0.15) is 5.26 Å². The van der Waals surface area contributed by atoms with Crippen LogP contribution in [0.4, 0.5) is 4.79 Å². The number of amides is 3. The first kappa shape index (κ1) is 18.2. The third-order valence-corrected chi connectivity index (χ3v) is 3.22. The molecule has 0 aromatic heterocycles. The van der Waals surface area contributed by atoms with Gasteiger partial charge in [0.2, 0.25) is 0 Å². The molecule has 23 heavy (non-hydrogen) atoms. The average molecular weight is 315 g/mol. The zero-order chi connectivity index (χ0) is 17.6. The number of nitriles is 1. The molecule has 0 radical (unpaired) electrons.